The molecule has 2 heterocycles. The van der Waals surface area contributed by atoms with E-state index in [4.69, 9.17) is 27.2 Å². The van der Waals surface area contributed by atoms with Gasteiger partial charge in [0.1, 0.15) is 15.8 Å². The molecule has 2 aromatic carbocycles. The lowest BCUT2D eigenvalue weighted by molar-refractivity contribution is -0.137. The maximum absolute atomic E-state index is 13.1. The van der Waals surface area contributed by atoms with Gasteiger partial charge in [0.25, 0.3) is 5.91 Å². The Hall–Kier alpha value is -3.43. The molecule has 1 amide bonds. The Morgan fingerprint density at radius 1 is 1.14 bits per heavy atom. The van der Waals surface area contributed by atoms with Gasteiger partial charge in [-0.25, -0.2) is 4.68 Å². The summed E-state index contributed by atoms with van der Waals surface area (Å²) in [5.41, 5.74) is 3.31. The van der Waals surface area contributed by atoms with Gasteiger partial charge in [-0.1, -0.05) is 60.7 Å². The van der Waals surface area contributed by atoms with Crippen molar-refractivity contribution in [3.63, 3.8) is 0 Å². The van der Waals surface area contributed by atoms with Crippen LogP contribution in [-0.4, -0.2) is 49.6 Å². The van der Waals surface area contributed by atoms with Crippen LogP contribution in [-0.2, 0) is 9.59 Å². The van der Waals surface area contributed by atoms with E-state index < -0.39 is 5.97 Å². The Morgan fingerprint density at radius 2 is 1.94 bits per heavy atom. The minimum atomic E-state index is -0.804. The number of hydrogen-bond donors (Lipinski definition) is 1. The molecule has 4 rings (SSSR count). The summed E-state index contributed by atoms with van der Waals surface area (Å²) in [6.45, 7) is 0.480. The van der Waals surface area contributed by atoms with Crippen LogP contribution in [0.5, 0.6) is 5.75 Å². The minimum Gasteiger partial charge on any atom is -0.497 e. The Bertz CT molecular complexity index is 1270. The molecule has 1 saturated heterocycles. The van der Waals surface area contributed by atoms with Crippen molar-refractivity contribution >= 4 is 46.3 Å². The number of carboxylic acid groups (broad SMARTS) is 1. The lowest BCUT2D eigenvalue weighted by atomic mass is 10.1. The van der Waals surface area contributed by atoms with Crippen molar-refractivity contribution in [2.24, 2.45) is 0 Å². The van der Waals surface area contributed by atoms with Crippen molar-refractivity contribution in [1.82, 2.24) is 14.7 Å². The van der Waals surface area contributed by atoms with Gasteiger partial charge >= 0.3 is 5.97 Å². The van der Waals surface area contributed by atoms with Crippen LogP contribution in [0.1, 0.15) is 31.2 Å². The largest absolute Gasteiger partial charge is 0.497 e. The summed E-state index contributed by atoms with van der Waals surface area (Å²) >= 11 is 6.74. The van der Waals surface area contributed by atoms with E-state index in [9.17, 15) is 9.59 Å². The summed E-state index contributed by atoms with van der Waals surface area (Å²) in [4.78, 5) is 25.9. The Morgan fingerprint density at radius 3 is 2.69 bits per heavy atom. The van der Waals surface area contributed by atoms with Gasteiger partial charge in [0.05, 0.1) is 17.7 Å². The summed E-state index contributed by atoms with van der Waals surface area (Å²) in [7, 11) is 1.62. The molecule has 0 spiro atoms. The summed E-state index contributed by atoms with van der Waals surface area (Å²) in [6.07, 6.45) is 5.90. The molecule has 0 unspecified atom stereocenters. The second kappa shape index (κ2) is 11.3. The fourth-order valence-electron chi connectivity index (χ4n) is 3.76. The smallest absolute Gasteiger partial charge is 0.303 e. The lowest BCUT2D eigenvalue weighted by Gasteiger charge is -2.13. The second-order valence-corrected chi connectivity index (χ2v) is 9.66. The van der Waals surface area contributed by atoms with Crippen LogP contribution in [0.15, 0.2) is 65.7 Å². The van der Waals surface area contributed by atoms with E-state index in [1.165, 1.54) is 11.8 Å². The number of methoxy groups -OCH3 is 1. The molecule has 3 aromatic rings. The van der Waals surface area contributed by atoms with E-state index >= 15 is 0 Å². The van der Waals surface area contributed by atoms with E-state index in [-0.39, 0.29) is 12.3 Å². The van der Waals surface area contributed by atoms with E-state index in [1.807, 2.05) is 66.9 Å². The molecule has 1 aliphatic rings. The van der Waals surface area contributed by atoms with Gasteiger partial charge in [0.2, 0.25) is 0 Å². The number of hydrogen-bond acceptors (Lipinski definition) is 6. The predicted molar refractivity (Wildman–Crippen MR) is 142 cm³/mol. The topological polar surface area (TPSA) is 84.7 Å². The van der Waals surface area contributed by atoms with Crippen molar-refractivity contribution in [3.05, 3.63) is 71.3 Å². The molecule has 9 heteroatoms. The molecule has 0 bridgehead atoms. The van der Waals surface area contributed by atoms with Crippen molar-refractivity contribution < 1.29 is 19.4 Å². The van der Waals surface area contributed by atoms with Gasteiger partial charge in [0, 0.05) is 30.3 Å². The highest BCUT2D eigenvalue weighted by molar-refractivity contribution is 8.26. The Kier molecular flexibility index (Phi) is 7.99. The highest BCUT2D eigenvalue weighted by Crippen LogP contribution is 2.35. The van der Waals surface area contributed by atoms with Crippen molar-refractivity contribution in [2.75, 3.05) is 13.7 Å². The molecule has 1 fully saturated rings. The molecule has 1 N–H and O–H groups in total. The summed E-state index contributed by atoms with van der Waals surface area (Å²) in [5, 5.41) is 13.6. The van der Waals surface area contributed by atoms with Gasteiger partial charge in [0.15, 0.2) is 0 Å². The molecule has 0 aliphatic carbocycles. The van der Waals surface area contributed by atoms with E-state index in [1.54, 1.807) is 16.7 Å². The van der Waals surface area contributed by atoms with Crippen LogP contribution in [0.25, 0.3) is 23.0 Å². The highest BCUT2D eigenvalue weighted by Gasteiger charge is 2.32. The number of carbonyl (C=O) groups is 2. The first-order valence-corrected chi connectivity index (χ1v) is 12.5. The third kappa shape index (κ3) is 5.98. The molecule has 1 aliphatic heterocycles. The van der Waals surface area contributed by atoms with Gasteiger partial charge < -0.3 is 9.84 Å². The van der Waals surface area contributed by atoms with Crippen LogP contribution in [0.2, 0.25) is 0 Å². The van der Waals surface area contributed by atoms with Crippen LogP contribution in [0.4, 0.5) is 0 Å². The minimum absolute atomic E-state index is 0.136. The van der Waals surface area contributed by atoms with Crippen molar-refractivity contribution in [2.45, 2.75) is 25.7 Å². The predicted octanol–water partition coefficient (Wildman–Crippen LogP) is 5.39. The Balaban J connectivity index is 1.61. The van der Waals surface area contributed by atoms with Gasteiger partial charge in [-0.05, 0) is 43.2 Å². The number of carbonyl (C=O) groups excluding carboxylic acids is 1. The molecule has 1 aromatic heterocycles. The normalized spacial score (nSPS) is 14.7. The summed E-state index contributed by atoms with van der Waals surface area (Å²) in [5.74, 6) is -0.222. The monoisotopic (exact) mass is 507 g/mol. The zero-order valence-corrected chi connectivity index (χ0v) is 20.8. The second-order valence-electron chi connectivity index (χ2n) is 7.98. The summed E-state index contributed by atoms with van der Waals surface area (Å²) in [6, 6.07) is 17.4. The number of thioether (sulfide) groups is 1. The van der Waals surface area contributed by atoms with Gasteiger partial charge in [-0.3, -0.25) is 14.5 Å². The van der Waals surface area contributed by atoms with E-state index in [2.05, 4.69) is 0 Å². The molecule has 0 saturated carbocycles. The number of nitrogens with zero attached hydrogens (tertiary/aromatic N) is 3. The quantitative estimate of drug-likeness (QED) is 0.224. The van der Waals surface area contributed by atoms with Crippen molar-refractivity contribution in [3.8, 4) is 22.7 Å². The number of carboxylic acids is 1. The van der Waals surface area contributed by atoms with Crippen LogP contribution in [0.3, 0.4) is 0 Å². The number of aliphatic carboxylic acids is 1. The Labute approximate surface area is 213 Å². The number of ether oxygens (including phenoxy) is 1. The number of para-hydroxylation sites is 1. The molecular weight excluding hydrogens is 482 g/mol. The summed E-state index contributed by atoms with van der Waals surface area (Å²) < 4.78 is 7.70. The first kappa shape index (κ1) is 24.7. The number of thiocarbonyl (C=S) groups is 1. The maximum atomic E-state index is 13.1. The fourth-order valence-corrected chi connectivity index (χ4v) is 5.06. The average molecular weight is 508 g/mol. The molecule has 180 valence electrons. The number of rotatable bonds is 10. The van der Waals surface area contributed by atoms with Crippen LogP contribution < -0.4 is 4.74 Å². The molecule has 7 nitrogen and oxygen atoms in total. The van der Waals surface area contributed by atoms with Gasteiger partial charge in [-0.15, -0.1) is 0 Å². The third-order valence-electron chi connectivity index (χ3n) is 5.54. The standard InChI is InChI=1S/C26H25N3O4S2/c1-33-21-12-8-9-18(15-21)24-19(17-29(27-24)20-10-4-2-5-11-20)16-22-25(32)28(26(34)35-22)14-7-3-6-13-23(30)31/h2,4-5,8-12,15-17H,3,6-7,13-14H2,1H3,(H,30,31)/b22-16-. The highest BCUT2D eigenvalue weighted by atomic mass is 32.2. The zero-order chi connectivity index (χ0) is 24.8. The average Bonchev–Trinajstić information content (AvgIpc) is 3.40. The van der Waals surface area contributed by atoms with Crippen molar-refractivity contribution in [1.29, 1.82) is 0 Å². The lowest BCUT2D eigenvalue weighted by Crippen LogP contribution is -2.29. The maximum Gasteiger partial charge on any atom is 0.303 e. The first-order valence-electron chi connectivity index (χ1n) is 11.2. The molecule has 0 radical (unpaired) electrons. The fraction of sp³-hybridized carbons (Fsp3) is 0.231. The molecular formula is C26H25N3O4S2. The first-order chi connectivity index (χ1) is 17.0. The van der Waals surface area contributed by atoms with Gasteiger partial charge in [-0.2, -0.15) is 5.10 Å². The van der Waals surface area contributed by atoms with Crippen LogP contribution >= 0.6 is 24.0 Å². The SMILES string of the molecule is COc1cccc(-c2nn(-c3ccccc3)cc2/C=C2\SC(=S)N(CCCCCC(=O)O)C2=O)c1. The number of aromatic nitrogens is 2. The molecule has 0 atom stereocenters. The zero-order valence-electron chi connectivity index (χ0n) is 19.2. The van der Waals surface area contributed by atoms with E-state index in [0.717, 1.165) is 34.7 Å². The number of benzene rings is 2. The number of amides is 1. The van der Waals surface area contributed by atoms with Crippen LogP contribution in [0, 0.1) is 0 Å². The van der Waals surface area contributed by atoms with E-state index in [0.29, 0.717) is 28.6 Å². The third-order valence-corrected chi connectivity index (χ3v) is 6.92. The number of unbranched alkanes of at least 4 members (excludes halogenated alkanes) is 2. The molecule has 35 heavy (non-hydrogen) atoms.